The van der Waals surface area contributed by atoms with Gasteiger partial charge in [0.15, 0.2) is 0 Å². The largest absolute Gasteiger partial charge is 0.480 e. The minimum absolute atomic E-state index is 0.341. The molecule has 116 valence electrons. The molecule has 0 spiro atoms. The lowest BCUT2D eigenvalue weighted by atomic mass is 10.1. The second-order valence-electron chi connectivity index (χ2n) is 5.08. The molecule has 2 rings (SSSR count). The maximum atomic E-state index is 13.2. The van der Waals surface area contributed by atoms with Gasteiger partial charge in [0.1, 0.15) is 12.4 Å². The van der Waals surface area contributed by atoms with E-state index < -0.39 is 11.8 Å². The Balaban J connectivity index is 2.43. The molecule has 0 fully saturated rings. The van der Waals surface area contributed by atoms with Crippen LogP contribution in [0.1, 0.15) is 29.4 Å². The number of nitrogens with zero attached hydrogens (tertiary/aromatic N) is 2. The Labute approximate surface area is 127 Å². The summed E-state index contributed by atoms with van der Waals surface area (Å²) in [6.07, 6.45) is 0.657. The van der Waals surface area contributed by atoms with Crippen LogP contribution in [0.15, 0.2) is 24.3 Å². The summed E-state index contributed by atoms with van der Waals surface area (Å²) in [4.78, 5) is 29.0. The van der Waals surface area contributed by atoms with E-state index in [0.29, 0.717) is 35.1 Å². The average molecular weight is 304 g/mol. The molecule has 1 heterocycles. The molecule has 0 atom stereocenters. The molecule has 6 heteroatoms. The fourth-order valence-corrected chi connectivity index (χ4v) is 2.31. The van der Waals surface area contributed by atoms with E-state index in [2.05, 4.69) is 4.98 Å². The van der Waals surface area contributed by atoms with Crippen LogP contribution in [0, 0.1) is 12.7 Å². The fourth-order valence-electron chi connectivity index (χ4n) is 2.31. The number of fused-ring (bicyclic) bond motifs is 1. The van der Waals surface area contributed by atoms with Crippen LogP contribution in [0.4, 0.5) is 4.39 Å². The Morgan fingerprint density at radius 2 is 2.05 bits per heavy atom. The quantitative estimate of drug-likeness (QED) is 0.922. The third-order valence-electron chi connectivity index (χ3n) is 3.31. The zero-order valence-corrected chi connectivity index (χ0v) is 12.5. The number of carboxylic acid groups (broad SMARTS) is 1. The molecule has 1 amide bonds. The maximum Gasteiger partial charge on any atom is 0.323 e. The zero-order chi connectivity index (χ0) is 16.3. The van der Waals surface area contributed by atoms with Crippen molar-refractivity contribution in [1.82, 2.24) is 9.88 Å². The van der Waals surface area contributed by atoms with E-state index in [9.17, 15) is 14.0 Å². The van der Waals surface area contributed by atoms with Gasteiger partial charge in [0.05, 0.1) is 16.8 Å². The summed E-state index contributed by atoms with van der Waals surface area (Å²) in [5.41, 5.74) is 1.26. The second-order valence-corrected chi connectivity index (χ2v) is 5.08. The van der Waals surface area contributed by atoms with Crippen molar-refractivity contribution in [3.63, 3.8) is 0 Å². The van der Waals surface area contributed by atoms with Crippen molar-refractivity contribution in [2.45, 2.75) is 20.3 Å². The van der Waals surface area contributed by atoms with Crippen LogP contribution in [-0.2, 0) is 4.79 Å². The van der Waals surface area contributed by atoms with Crippen molar-refractivity contribution in [3.8, 4) is 0 Å². The number of aromatic nitrogens is 1. The summed E-state index contributed by atoms with van der Waals surface area (Å²) in [5.74, 6) is -1.83. The highest BCUT2D eigenvalue weighted by molar-refractivity contribution is 5.99. The molecular weight excluding hydrogens is 287 g/mol. The molecule has 1 aromatic carbocycles. The first-order valence-electron chi connectivity index (χ1n) is 7.00. The number of carbonyl (C=O) groups excluding carboxylic acids is 1. The fraction of sp³-hybridized carbons (Fsp3) is 0.312. The van der Waals surface area contributed by atoms with Crippen LogP contribution < -0.4 is 0 Å². The number of halogens is 1. The van der Waals surface area contributed by atoms with E-state index in [-0.39, 0.29) is 12.5 Å². The Bertz CT molecular complexity index is 731. The molecular formula is C16H17FN2O3. The summed E-state index contributed by atoms with van der Waals surface area (Å²) in [5, 5.41) is 9.57. The lowest BCUT2D eigenvalue weighted by Crippen LogP contribution is -2.36. The smallest absolute Gasteiger partial charge is 0.323 e. The second kappa shape index (κ2) is 6.51. The molecule has 0 bridgehead atoms. The van der Waals surface area contributed by atoms with Crippen molar-refractivity contribution in [3.05, 3.63) is 41.3 Å². The number of aryl methyl sites for hydroxylation is 1. The van der Waals surface area contributed by atoms with Gasteiger partial charge in [-0.25, -0.2) is 4.39 Å². The van der Waals surface area contributed by atoms with Crippen molar-refractivity contribution in [1.29, 1.82) is 0 Å². The van der Waals surface area contributed by atoms with E-state index in [1.807, 2.05) is 6.92 Å². The van der Waals surface area contributed by atoms with Gasteiger partial charge in [-0.1, -0.05) is 6.92 Å². The van der Waals surface area contributed by atoms with E-state index in [0.717, 1.165) is 0 Å². The van der Waals surface area contributed by atoms with E-state index >= 15 is 0 Å². The van der Waals surface area contributed by atoms with Crippen LogP contribution >= 0.6 is 0 Å². The van der Waals surface area contributed by atoms with Crippen LogP contribution in [0.3, 0.4) is 0 Å². The minimum Gasteiger partial charge on any atom is -0.480 e. The first-order valence-corrected chi connectivity index (χ1v) is 7.00. The molecule has 0 aliphatic carbocycles. The first-order chi connectivity index (χ1) is 10.4. The van der Waals surface area contributed by atoms with Gasteiger partial charge in [-0.2, -0.15) is 0 Å². The monoisotopic (exact) mass is 304 g/mol. The molecule has 2 aromatic rings. The molecule has 0 unspecified atom stereocenters. The van der Waals surface area contributed by atoms with E-state index in [1.165, 1.54) is 17.0 Å². The Morgan fingerprint density at radius 3 is 2.68 bits per heavy atom. The Hall–Kier alpha value is -2.50. The van der Waals surface area contributed by atoms with Gasteiger partial charge < -0.3 is 10.0 Å². The molecule has 22 heavy (non-hydrogen) atoms. The SMILES string of the molecule is CCCN(CC(=O)O)C(=O)c1cc2ccc(F)cc2nc1C. The maximum absolute atomic E-state index is 13.2. The lowest BCUT2D eigenvalue weighted by Gasteiger charge is -2.21. The summed E-state index contributed by atoms with van der Waals surface area (Å²) < 4.78 is 13.2. The molecule has 0 aliphatic rings. The van der Waals surface area contributed by atoms with Crippen molar-refractivity contribution < 1.29 is 19.1 Å². The van der Waals surface area contributed by atoms with Gasteiger partial charge in [0.2, 0.25) is 0 Å². The number of aliphatic carboxylic acids is 1. The van der Waals surface area contributed by atoms with Crippen molar-refractivity contribution >= 4 is 22.8 Å². The highest BCUT2D eigenvalue weighted by Gasteiger charge is 2.20. The molecule has 0 saturated heterocycles. The number of carboxylic acids is 1. The minimum atomic E-state index is -1.06. The average Bonchev–Trinajstić information content (AvgIpc) is 2.45. The number of carbonyl (C=O) groups is 2. The van der Waals surface area contributed by atoms with Gasteiger partial charge in [0.25, 0.3) is 5.91 Å². The Morgan fingerprint density at radius 1 is 1.32 bits per heavy atom. The van der Waals surface area contributed by atoms with Crippen LogP contribution in [0.2, 0.25) is 0 Å². The number of hydrogen-bond acceptors (Lipinski definition) is 3. The molecule has 0 saturated carbocycles. The highest BCUT2D eigenvalue weighted by Crippen LogP contribution is 2.19. The Kier molecular flexibility index (Phi) is 4.70. The van der Waals surface area contributed by atoms with Crippen LogP contribution in [0.25, 0.3) is 10.9 Å². The molecule has 1 aromatic heterocycles. The van der Waals surface area contributed by atoms with Gasteiger partial charge >= 0.3 is 5.97 Å². The number of hydrogen-bond donors (Lipinski definition) is 1. The normalized spacial score (nSPS) is 10.7. The van der Waals surface area contributed by atoms with Crippen molar-refractivity contribution in [2.75, 3.05) is 13.1 Å². The van der Waals surface area contributed by atoms with Gasteiger partial charge in [0, 0.05) is 18.0 Å². The number of pyridine rings is 1. The van der Waals surface area contributed by atoms with Crippen molar-refractivity contribution in [2.24, 2.45) is 0 Å². The number of rotatable bonds is 5. The first kappa shape index (κ1) is 15.9. The lowest BCUT2D eigenvalue weighted by molar-refractivity contribution is -0.137. The predicted octanol–water partition coefficient (Wildman–Crippen LogP) is 2.62. The molecule has 5 nitrogen and oxygen atoms in total. The third kappa shape index (κ3) is 3.39. The van der Waals surface area contributed by atoms with E-state index in [4.69, 9.17) is 5.11 Å². The van der Waals surface area contributed by atoms with Gasteiger partial charge in [-0.15, -0.1) is 0 Å². The highest BCUT2D eigenvalue weighted by atomic mass is 19.1. The summed E-state index contributed by atoms with van der Waals surface area (Å²) in [7, 11) is 0. The van der Waals surface area contributed by atoms with Crippen LogP contribution in [-0.4, -0.2) is 40.0 Å². The van der Waals surface area contributed by atoms with Gasteiger partial charge in [-0.3, -0.25) is 14.6 Å². The van der Waals surface area contributed by atoms with E-state index in [1.54, 1.807) is 19.1 Å². The molecule has 0 aliphatic heterocycles. The number of amides is 1. The topological polar surface area (TPSA) is 70.5 Å². The number of benzene rings is 1. The summed E-state index contributed by atoms with van der Waals surface area (Å²) >= 11 is 0. The zero-order valence-electron chi connectivity index (χ0n) is 12.5. The molecule has 0 radical (unpaired) electrons. The predicted molar refractivity (Wildman–Crippen MR) is 80.3 cm³/mol. The molecule has 1 N–H and O–H groups in total. The third-order valence-corrected chi connectivity index (χ3v) is 3.31. The summed E-state index contributed by atoms with van der Waals surface area (Å²) in [6, 6.07) is 5.78. The standard InChI is InChI=1S/C16H17FN2O3/c1-3-6-19(9-15(20)21)16(22)13-7-11-4-5-12(17)8-14(11)18-10(13)2/h4-5,7-8H,3,6,9H2,1-2H3,(H,20,21). The van der Waals surface area contributed by atoms with Crippen LogP contribution in [0.5, 0.6) is 0 Å². The van der Waals surface area contributed by atoms with Gasteiger partial charge in [-0.05, 0) is 31.5 Å². The summed E-state index contributed by atoms with van der Waals surface area (Å²) in [6.45, 7) is 3.53.